The van der Waals surface area contributed by atoms with Gasteiger partial charge in [-0.05, 0) is 53.6 Å². The Kier molecular flexibility index (Phi) is 2.69. The lowest BCUT2D eigenvalue weighted by molar-refractivity contribution is -0.123. The van der Waals surface area contributed by atoms with E-state index in [4.69, 9.17) is 31.0 Å². The van der Waals surface area contributed by atoms with Crippen molar-refractivity contribution in [2.24, 2.45) is 11.7 Å². The lowest BCUT2D eigenvalue weighted by Gasteiger charge is -2.37. The van der Waals surface area contributed by atoms with Crippen LogP contribution in [0.2, 0.25) is 0 Å². The molecule has 32 heavy (non-hydrogen) atoms. The fourth-order valence-corrected chi connectivity index (χ4v) is 4.51. The van der Waals surface area contributed by atoms with E-state index < -0.39 is 95.2 Å². The average Bonchev–Trinajstić information content (AvgIpc) is 3.62. The molecular weight excluding hydrogens is 396 g/mol. The molecule has 0 spiro atoms. The van der Waals surface area contributed by atoms with E-state index in [1.165, 1.54) is 0 Å². The highest BCUT2D eigenvalue weighted by Gasteiger charge is 2.49. The van der Waals surface area contributed by atoms with Gasteiger partial charge in [-0.2, -0.15) is 0 Å². The zero-order chi connectivity index (χ0) is 35.1. The number of primary amides is 1. The molecule has 4 nitrogen and oxygen atoms in total. The molecule has 0 saturated carbocycles. The molecule has 164 valence electrons. The van der Waals surface area contributed by atoms with Gasteiger partial charge in [-0.3, -0.25) is 4.79 Å². The number of hydrogen-bond donors (Lipinski definition) is 1. The highest BCUT2D eigenvalue weighted by atomic mass is 16.5. The Balaban J connectivity index is 1.65. The summed E-state index contributed by atoms with van der Waals surface area (Å²) in [6.45, 7) is -0.135. The Morgan fingerprint density at radius 1 is 1.09 bits per heavy atom. The van der Waals surface area contributed by atoms with E-state index in [9.17, 15) is 4.79 Å². The van der Waals surface area contributed by atoms with Crippen molar-refractivity contribution in [1.29, 1.82) is 0 Å². The van der Waals surface area contributed by atoms with E-state index in [1.807, 2.05) is 0 Å². The number of rotatable bonds is 7. The number of benzene rings is 3. The summed E-state index contributed by atoms with van der Waals surface area (Å²) < 4.78 is 131. The van der Waals surface area contributed by atoms with Crippen LogP contribution in [0.5, 0.6) is 5.75 Å². The fraction of sp³-hybridized carbons (Fsp3) is 0.321. The van der Waals surface area contributed by atoms with Gasteiger partial charge in [0.25, 0.3) is 0 Å². The summed E-state index contributed by atoms with van der Waals surface area (Å²) in [6.07, 6.45) is -1.95. The fourth-order valence-electron chi connectivity index (χ4n) is 4.51. The smallest absolute Gasteiger partial charge is 0.232 e. The molecule has 1 fully saturated rings. The Hall–Kier alpha value is -3.11. The van der Waals surface area contributed by atoms with Crippen molar-refractivity contribution in [2.75, 3.05) is 26.2 Å². The second-order valence-corrected chi connectivity index (χ2v) is 7.73. The van der Waals surface area contributed by atoms with Crippen LogP contribution in [-0.2, 0) is 23.0 Å². The molecule has 3 aromatic carbocycles. The van der Waals surface area contributed by atoms with E-state index >= 15 is 0 Å². The molecule has 2 aliphatic heterocycles. The maximum Gasteiger partial charge on any atom is 0.232 e. The third-order valence-electron chi connectivity index (χ3n) is 6.04. The van der Waals surface area contributed by atoms with Gasteiger partial charge in [0.15, 0.2) is 0 Å². The van der Waals surface area contributed by atoms with Gasteiger partial charge in [0.05, 0.1) is 24.4 Å². The minimum Gasteiger partial charge on any atom is -0.493 e. The van der Waals surface area contributed by atoms with Gasteiger partial charge in [0, 0.05) is 22.2 Å². The molecular formula is C28H30N2O2. The van der Waals surface area contributed by atoms with Gasteiger partial charge in [-0.1, -0.05) is 72.5 Å². The first-order chi connectivity index (χ1) is 21.8. The predicted octanol–water partition coefficient (Wildman–Crippen LogP) is 3.96. The number of carbonyl (C=O) groups excluding carboxylic acids is 1. The normalized spacial score (nSPS) is 26.5. The molecule has 2 aliphatic rings. The third kappa shape index (κ3) is 3.69. The van der Waals surface area contributed by atoms with E-state index in [1.54, 1.807) is 4.90 Å². The number of nitrogens with zero attached hydrogens (tertiary/aromatic N) is 1. The molecule has 2 heterocycles. The van der Waals surface area contributed by atoms with Crippen LogP contribution in [-0.4, -0.2) is 37.0 Å². The third-order valence-corrected chi connectivity index (χ3v) is 6.04. The molecule has 1 saturated heterocycles. The van der Waals surface area contributed by atoms with Crippen LogP contribution >= 0.6 is 0 Å². The first-order valence-corrected chi connectivity index (χ1v) is 10.2. The van der Waals surface area contributed by atoms with Gasteiger partial charge in [0.2, 0.25) is 5.91 Å². The molecule has 0 radical (unpaired) electrons. The summed E-state index contributed by atoms with van der Waals surface area (Å²) in [5.74, 6) is -2.48. The number of carbonyl (C=O) groups is 1. The number of likely N-dealkylation sites (tertiary alicyclic amines) is 1. The molecule has 1 amide bonds. The minimum atomic E-state index is -2.48. The van der Waals surface area contributed by atoms with E-state index in [2.05, 4.69) is 0 Å². The molecule has 0 aromatic heterocycles. The van der Waals surface area contributed by atoms with Crippen molar-refractivity contribution in [2.45, 2.75) is 24.6 Å². The molecule has 0 unspecified atom stereocenters. The zero-order valence-corrected chi connectivity index (χ0v) is 17.2. The van der Waals surface area contributed by atoms with E-state index in [-0.39, 0.29) is 74.1 Å². The van der Waals surface area contributed by atoms with E-state index in [0.717, 1.165) is 0 Å². The Morgan fingerprint density at radius 3 is 2.44 bits per heavy atom. The topological polar surface area (TPSA) is 55.6 Å². The zero-order valence-electron chi connectivity index (χ0n) is 32.2. The standard InChI is InChI=1S/C28H30N2O2/c29-27(31)28(23-7-3-1-4-8-23,24-9-5-2-6-10-24)25-14-17-30(20-25)16-13-21-11-12-26-22(19-21)15-18-32-26/h1-12,19,25H,13-18,20H2,(H2,29,31)/t25-/m1/s1/i1D,2D,3D,4D,5D,6D,7D,8D,9D,10D,11D,12D,15D2,19D. The maximum absolute atomic E-state index is 13.8. The van der Waals surface area contributed by atoms with Crippen molar-refractivity contribution in [3.8, 4) is 5.75 Å². The average molecular weight is 442 g/mol. The van der Waals surface area contributed by atoms with Crippen LogP contribution < -0.4 is 10.5 Å². The van der Waals surface area contributed by atoms with Gasteiger partial charge in [0.1, 0.15) is 11.2 Å². The van der Waals surface area contributed by atoms with Crippen molar-refractivity contribution < 1.29 is 30.1 Å². The Morgan fingerprint density at radius 2 is 1.78 bits per heavy atom. The second kappa shape index (κ2) is 8.79. The van der Waals surface area contributed by atoms with Gasteiger partial charge in [-0.25, -0.2) is 0 Å². The van der Waals surface area contributed by atoms with Gasteiger partial charge in [-0.15, -0.1) is 0 Å². The summed E-state index contributed by atoms with van der Waals surface area (Å²) in [5.41, 5.74) is 2.36. The monoisotopic (exact) mass is 441 g/mol. The van der Waals surface area contributed by atoms with Crippen LogP contribution in [0.3, 0.4) is 0 Å². The molecule has 5 rings (SSSR count). The molecule has 0 aliphatic carbocycles. The molecule has 4 heteroatoms. The van der Waals surface area contributed by atoms with Gasteiger partial charge >= 0.3 is 0 Å². The second-order valence-electron chi connectivity index (χ2n) is 7.73. The predicted molar refractivity (Wildman–Crippen MR) is 127 cm³/mol. The van der Waals surface area contributed by atoms with Crippen molar-refractivity contribution in [3.63, 3.8) is 0 Å². The lowest BCUT2D eigenvalue weighted by Crippen LogP contribution is -2.49. The summed E-state index contributed by atoms with van der Waals surface area (Å²) >= 11 is 0. The molecule has 0 bridgehead atoms. The van der Waals surface area contributed by atoms with E-state index in [0.29, 0.717) is 0 Å². The van der Waals surface area contributed by atoms with Crippen LogP contribution in [0, 0.1) is 5.92 Å². The number of nitrogens with two attached hydrogens (primary N) is 1. The summed E-state index contributed by atoms with van der Waals surface area (Å²) in [7, 11) is 0. The molecule has 3 aromatic rings. The number of hydrogen-bond acceptors (Lipinski definition) is 3. The highest BCUT2D eigenvalue weighted by molar-refractivity contribution is 5.91. The van der Waals surface area contributed by atoms with Crippen molar-refractivity contribution in [3.05, 3.63) is 101 Å². The number of ether oxygens (including phenoxy) is 1. The lowest BCUT2D eigenvalue weighted by atomic mass is 9.64. The number of amides is 1. The molecule has 1 atom stereocenters. The first-order valence-electron chi connectivity index (χ1n) is 17.7. The largest absolute Gasteiger partial charge is 0.493 e. The highest BCUT2D eigenvalue weighted by Crippen LogP contribution is 2.43. The maximum atomic E-state index is 13.8. The van der Waals surface area contributed by atoms with Gasteiger partial charge < -0.3 is 15.4 Å². The summed E-state index contributed by atoms with van der Waals surface area (Å²) in [5, 5.41) is 0. The Bertz CT molecular complexity index is 1720. The summed E-state index contributed by atoms with van der Waals surface area (Å²) in [6, 6.07) is -8.86. The van der Waals surface area contributed by atoms with Crippen LogP contribution in [0.25, 0.3) is 0 Å². The SMILES string of the molecule is [2H]c1c([2H])c([2H])c(C(C(N)=O)(c2c([2H])c([2H])c([2H])c([2H])c2[2H])[C@@H]2CCN(CCc3c([2H])c([2H])c4c(c3[2H])C([2H])([2H])CO4)C2)c([2H])c1[2H]. The summed E-state index contributed by atoms with van der Waals surface area (Å²) in [4.78, 5) is 15.6. The van der Waals surface area contributed by atoms with Crippen molar-refractivity contribution >= 4 is 5.91 Å². The van der Waals surface area contributed by atoms with Crippen LogP contribution in [0.15, 0.2) is 78.6 Å². The minimum absolute atomic E-state index is 0.00648. The Labute approximate surface area is 211 Å². The first kappa shape index (κ1) is 9.80. The van der Waals surface area contributed by atoms with Crippen LogP contribution in [0.4, 0.5) is 0 Å². The molecule has 2 N–H and O–H groups in total. The van der Waals surface area contributed by atoms with Crippen LogP contribution in [0.1, 0.15) is 49.2 Å². The van der Waals surface area contributed by atoms with Crippen molar-refractivity contribution in [1.82, 2.24) is 4.90 Å². The quantitative estimate of drug-likeness (QED) is 0.604. The number of fused-ring (bicyclic) bond motifs is 1.